The van der Waals surface area contributed by atoms with Crippen LogP contribution in [0, 0.1) is 5.92 Å². The monoisotopic (exact) mass is 324 g/mol. The second-order valence-corrected chi connectivity index (χ2v) is 6.46. The number of carbonyl (C=O) groups excluding carboxylic acids is 1. The van der Waals surface area contributed by atoms with Gasteiger partial charge in [-0.2, -0.15) is 8.78 Å². The van der Waals surface area contributed by atoms with Crippen LogP contribution in [0.5, 0.6) is 5.75 Å². The molecule has 4 nitrogen and oxygen atoms in total. The summed E-state index contributed by atoms with van der Waals surface area (Å²) < 4.78 is 29.1. The Balaban J connectivity index is 1.70. The van der Waals surface area contributed by atoms with Crippen LogP contribution in [0.2, 0.25) is 0 Å². The first-order valence-corrected chi connectivity index (χ1v) is 8.16. The number of benzene rings is 1. The van der Waals surface area contributed by atoms with Crippen molar-refractivity contribution in [2.75, 3.05) is 0 Å². The first-order valence-electron chi connectivity index (χ1n) is 8.16. The van der Waals surface area contributed by atoms with Crippen LogP contribution in [-0.4, -0.2) is 18.6 Å². The van der Waals surface area contributed by atoms with Crippen molar-refractivity contribution in [1.29, 1.82) is 0 Å². The van der Waals surface area contributed by atoms with Gasteiger partial charge in [0.2, 0.25) is 5.91 Å². The van der Waals surface area contributed by atoms with E-state index in [0.717, 1.165) is 49.7 Å². The Hall–Kier alpha value is -1.69. The van der Waals surface area contributed by atoms with Crippen LogP contribution in [0.3, 0.4) is 0 Å². The second-order valence-electron chi connectivity index (χ2n) is 6.46. The molecule has 1 amide bonds. The molecule has 23 heavy (non-hydrogen) atoms. The Bertz CT molecular complexity index is 580. The van der Waals surface area contributed by atoms with Gasteiger partial charge in [-0.1, -0.05) is 6.07 Å². The SMILES string of the molecule is NC1CCC(C(=O)NC2CCCc3cc(OC(F)F)ccc32)C1. The van der Waals surface area contributed by atoms with E-state index in [1.165, 1.54) is 0 Å². The Kier molecular flexibility index (Phi) is 4.80. The van der Waals surface area contributed by atoms with Crippen LogP contribution >= 0.6 is 0 Å². The highest BCUT2D eigenvalue weighted by Crippen LogP contribution is 2.33. The van der Waals surface area contributed by atoms with Crippen molar-refractivity contribution in [1.82, 2.24) is 5.32 Å². The van der Waals surface area contributed by atoms with E-state index in [9.17, 15) is 13.6 Å². The first-order chi connectivity index (χ1) is 11.0. The van der Waals surface area contributed by atoms with Crippen molar-refractivity contribution in [2.24, 2.45) is 11.7 Å². The standard InChI is InChI=1S/C17H22F2N2O2/c18-17(19)23-13-6-7-14-10(9-13)2-1-3-15(14)21-16(22)11-4-5-12(20)8-11/h6-7,9,11-12,15,17H,1-5,8,20H2,(H,21,22). The third kappa shape index (κ3) is 3.80. The molecule has 1 saturated carbocycles. The summed E-state index contributed by atoms with van der Waals surface area (Å²) in [4.78, 5) is 12.4. The van der Waals surface area contributed by atoms with Crippen molar-refractivity contribution >= 4 is 5.91 Å². The predicted octanol–water partition coefficient (Wildman–Crippen LogP) is 2.91. The van der Waals surface area contributed by atoms with Crippen molar-refractivity contribution in [3.05, 3.63) is 29.3 Å². The van der Waals surface area contributed by atoms with E-state index in [1.54, 1.807) is 18.2 Å². The predicted molar refractivity (Wildman–Crippen MR) is 82.2 cm³/mol. The molecule has 126 valence electrons. The third-order valence-corrected chi connectivity index (χ3v) is 4.81. The number of carbonyl (C=O) groups is 1. The van der Waals surface area contributed by atoms with Gasteiger partial charge in [-0.25, -0.2) is 0 Å². The third-order valence-electron chi connectivity index (χ3n) is 4.81. The fraction of sp³-hybridized carbons (Fsp3) is 0.588. The van der Waals surface area contributed by atoms with Crippen LogP contribution in [0.15, 0.2) is 18.2 Å². The molecule has 1 aromatic carbocycles. The van der Waals surface area contributed by atoms with E-state index in [0.29, 0.717) is 0 Å². The molecule has 3 rings (SSSR count). The molecule has 0 aliphatic heterocycles. The molecule has 3 atom stereocenters. The number of amides is 1. The van der Waals surface area contributed by atoms with Gasteiger partial charge in [0.1, 0.15) is 5.75 Å². The molecule has 1 aromatic rings. The average molecular weight is 324 g/mol. The van der Waals surface area contributed by atoms with Gasteiger partial charge in [-0.15, -0.1) is 0 Å². The molecule has 2 aliphatic carbocycles. The fourth-order valence-corrected chi connectivity index (χ4v) is 3.66. The zero-order valence-electron chi connectivity index (χ0n) is 12.9. The van der Waals surface area contributed by atoms with E-state index < -0.39 is 6.61 Å². The maximum absolute atomic E-state index is 12.4. The highest BCUT2D eigenvalue weighted by atomic mass is 19.3. The van der Waals surface area contributed by atoms with Gasteiger partial charge in [0.15, 0.2) is 0 Å². The van der Waals surface area contributed by atoms with Crippen molar-refractivity contribution in [2.45, 2.75) is 57.2 Å². The number of alkyl halides is 2. The number of hydrogen-bond acceptors (Lipinski definition) is 3. The lowest BCUT2D eigenvalue weighted by molar-refractivity contribution is -0.125. The van der Waals surface area contributed by atoms with Gasteiger partial charge in [-0.3, -0.25) is 4.79 Å². The van der Waals surface area contributed by atoms with Crippen LogP contribution in [0.1, 0.15) is 49.3 Å². The van der Waals surface area contributed by atoms with E-state index in [-0.39, 0.29) is 29.7 Å². The number of hydrogen-bond donors (Lipinski definition) is 2. The van der Waals surface area contributed by atoms with Gasteiger partial charge >= 0.3 is 6.61 Å². The Morgan fingerprint density at radius 2 is 2.13 bits per heavy atom. The van der Waals surface area contributed by atoms with Gasteiger partial charge in [-0.05, 0) is 61.8 Å². The van der Waals surface area contributed by atoms with Crippen LogP contribution in [-0.2, 0) is 11.2 Å². The summed E-state index contributed by atoms with van der Waals surface area (Å²) in [7, 11) is 0. The zero-order valence-corrected chi connectivity index (χ0v) is 12.9. The zero-order chi connectivity index (χ0) is 16.4. The number of halogens is 2. The summed E-state index contributed by atoms with van der Waals surface area (Å²) in [5.74, 6) is 0.230. The number of nitrogens with two attached hydrogens (primary N) is 1. The van der Waals surface area contributed by atoms with E-state index >= 15 is 0 Å². The van der Waals surface area contributed by atoms with E-state index in [2.05, 4.69) is 10.1 Å². The molecule has 6 heteroatoms. The van der Waals surface area contributed by atoms with E-state index in [1.807, 2.05) is 0 Å². The van der Waals surface area contributed by atoms with Crippen molar-refractivity contribution < 1.29 is 18.3 Å². The normalized spacial score (nSPS) is 26.9. The number of rotatable bonds is 4. The minimum absolute atomic E-state index is 0.00295. The molecule has 0 spiro atoms. The average Bonchev–Trinajstić information content (AvgIpc) is 2.93. The summed E-state index contributed by atoms with van der Waals surface area (Å²) in [6, 6.07) is 5.06. The van der Waals surface area contributed by atoms with Crippen LogP contribution in [0.25, 0.3) is 0 Å². The molecule has 3 unspecified atom stereocenters. The van der Waals surface area contributed by atoms with E-state index in [4.69, 9.17) is 5.73 Å². The molecule has 0 radical (unpaired) electrons. The lowest BCUT2D eigenvalue weighted by Crippen LogP contribution is -2.35. The lowest BCUT2D eigenvalue weighted by Gasteiger charge is -2.28. The minimum Gasteiger partial charge on any atom is -0.435 e. The largest absolute Gasteiger partial charge is 0.435 e. The summed E-state index contributed by atoms with van der Waals surface area (Å²) >= 11 is 0. The van der Waals surface area contributed by atoms with Crippen molar-refractivity contribution in [3.63, 3.8) is 0 Å². The Labute approximate surface area is 134 Å². The number of ether oxygens (including phenoxy) is 1. The summed E-state index contributed by atoms with van der Waals surface area (Å²) in [5.41, 5.74) is 7.86. The summed E-state index contributed by atoms with van der Waals surface area (Å²) in [6.07, 6.45) is 5.08. The molecular formula is C17H22F2N2O2. The van der Waals surface area contributed by atoms with Gasteiger partial charge in [0.25, 0.3) is 0 Å². The highest BCUT2D eigenvalue weighted by molar-refractivity contribution is 5.79. The Morgan fingerprint density at radius 1 is 1.30 bits per heavy atom. The smallest absolute Gasteiger partial charge is 0.387 e. The number of fused-ring (bicyclic) bond motifs is 1. The summed E-state index contributed by atoms with van der Waals surface area (Å²) in [5, 5.41) is 3.11. The molecule has 0 bridgehead atoms. The molecule has 3 N–H and O–H groups in total. The van der Waals surface area contributed by atoms with Crippen molar-refractivity contribution in [3.8, 4) is 5.75 Å². The maximum Gasteiger partial charge on any atom is 0.387 e. The first kappa shape index (κ1) is 16.2. The van der Waals surface area contributed by atoms with Crippen LogP contribution < -0.4 is 15.8 Å². The molecular weight excluding hydrogens is 302 g/mol. The Morgan fingerprint density at radius 3 is 2.83 bits per heavy atom. The highest BCUT2D eigenvalue weighted by Gasteiger charge is 2.30. The molecule has 0 aromatic heterocycles. The maximum atomic E-state index is 12.4. The number of nitrogens with one attached hydrogen (secondary N) is 1. The second kappa shape index (κ2) is 6.83. The van der Waals surface area contributed by atoms with Gasteiger partial charge in [0.05, 0.1) is 6.04 Å². The minimum atomic E-state index is -2.82. The topological polar surface area (TPSA) is 64.4 Å². The lowest BCUT2D eigenvalue weighted by atomic mass is 9.87. The van der Waals surface area contributed by atoms with Gasteiger partial charge < -0.3 is 15.8 Å². The molecule has 1 fully saturated rings. The molecule has 0 saturated heterocycles. The van der Waals surface area contributed by atoms with Crippen LogP contribution in [0.4, 0.5) is 8.78 Å². The molecule has 2 aliphatic rings. The number of aryl methyl sites for hydroxylation is 1. The quantitative estimate of drug-likeness (QED) is 0.895. The molecule has 0 heterocycles. The summed E-state index contributed by atoms with van der Waals surface area (Å²) in [6.45, 7) is -2.82. The van der Waals surface area contributed by atoms with Gasteiger partial charge in [0, 0.05) is 12.0 Å². The fourth-order valence-electron chi connectivity index (χ4n) is 3.66.